The SMILES string of the molecule is C#C.COCCN.COc1ccccc1C(=O)NCC1(c2ccccc2)CCCCC1. The van der Waals surface area contributed by atoms with Gasteiger partial charge in [-0.05, 0) is 30.5 Å². The summed E-state index contributed by atoms with van der Waals surface area (Å²) in [5.74, 6) is 0.556. The summed E-state index contributed by atoms with van der Waals surface area (Å²) in [5.41, 5.74) is 7.00. The number of carbonyl (C=O) groups excluding carboxylic acids is 1. The van der Waals surface area contributed by atoms with Gasteiger partial charge >= 0.3 is 0 Å². The van der Waals surface area contributed by atoms with E-state index in [2.05, 4.69) is 47.2 Å². The summed E-state index contributed by atoms with van der Waals surface area (Å²) in [6.07, 6.45) is 14.0. The number of amides is 1. The fourth-order valence-corrected chi connectivity index (χ4v) is 3.88. The zero-order valence-corrected chi connectivity index (χ0v) is 18.8. The van der Waals surface area contributed by atoms with Crippen LogP contribution >= 0.6 is 0 Å². The van der Waals surface area contributed by atoms with Gasteiger partial charge in [-0.2, -0.15) is 0 Å². The fraction of sp³-hybridized carbons (Fsp3) is 0.423. The van der Waals surface area contributed by atoms with Gasteiger partial charge in [0.15, 0.2) is 0 Å². The van der Waals surface area contributed by atoms with Gasteiger partial charge in [0.25, 0.3) is 5.91 Å². The molecule has 0 aliphatic heterocycles. The smallest absolute Gasteiger partial charge is 0.255 e. The number of methoxy groups -OCH3 is 2. The van der Waals surface area contributed by atoms with Crippen LogP contribution in [-0.4, -0.2) is 39.8 Å². The predicted molar refractivity (Wildman–Crippen MR) is 127 cm³/mol. The molecule has 1 aliphatic carbocycles. The van der Waals surface area contributed by atoms with Crippen molar-refractivity contribution >= 4 is 5.91 Å². The number of hydrogen-bond donors (Lipinski definition) is 2. The maximum absolute atomic E-state index is 12.6. The summed E-state index contributed by atoms with van der Waals surface area (Å²) in [6.45, 7) is 1.96. The van der Waals surface area contributed by atoms with Gasteiger partial charge in [-0.15, -0.1) is 12.8 Å². The van der Waals surface area contributed by atoms with E-state index in [1.807, 2.05) is 30.3 Å². The Hall–Kier alpha value is -2.81. The predicted octanol–water partition coefficient (Wildman–Crippen LogP) is 4.17. The van der Waals surface area contributed by atoms with E-state index in [-0.39, 0.29) is 11.3 Å². The minimum atomic E-state index is -0.0617. The number of terminal acetylenes is 1. The first-order valence-electron chi connectivity index (χ1n) is 10.7. The number of benzene rings is 2. The Morgan fingerprint density at radius 3 is 2.16 bits per heavy atom. The average molecular weight is 425 g/mol. The highest BCUT2D eigenvalue weighted by Crippen LogP contribution is 2.39. The molecule has 5 nitrogen and oxygen atoms in total. The normalized spacial score (nSPS) is 14.1. The molecule has 0 radical (unpaired) electrons. The second-order valence-electron chi connectivity index (χ2n) is 7.37. The van der Waals surface area contributed by atoms with Crippen LogP contribution in [0, 0.1) is 12.8 Å². The third kappa shape index (κ3) is 8.09. The van der Waals surface area contributed by atoms with Crippen LogP contribution in [0.4, 0.5) is 0 Å². The number of hydrogen-bond acceptors (Lipinski definition) is 4. The molecule has 2 aromatic rings. The highest BCUT2D eigenvalue weighted by molar-refractivity contribution is 5.96. The van der Waals surface area contributed by atoms with E-state index in [0.29, 0.717) is 31.0 Å². The molecule has 3 rings (SSSR count). The lowest BCUT2D eigenvalue weighted by Crippen LogP contribution is -2.42. The molecular weight excluding hydrogens is 388 g/mol. The van der Waals surface area contributed by atoms with E-state index in [1.54, 1.807) is 14.2 Å². The number of nitrogens with two attached hydrogens (primary N) is 1. The number of carbonyl (C=O) groups is 1. The van der Waals surface area contributed by atoms with Crippen molar-refractivity contribution < 1.29 is 14.3 Å². The molecule has 0 unspecified atom stereocenters. The summed E-state index contributed by atoms with van der Waals surface area (Å²) < 4.78 is 9.87. The molecule has 31 heavy (non-hydrogen) atoms. The first kappa shape index (κ1) is 26.2. The molecule has 0 bridgehead atoms. The van der Waals surface area contributed by atoms with Gasteiger partial charge in [-0.25, -0.2) is 0 Å². The van der Waals surface area contributed by atoms with Crippen LogP contribution in [0.25, 0.3) is 0 Å². The lowest BCUT2D eigenvalue weighted by Gasteiger charge is -2.38. The number of para-hydroxylation sites is 1. The Labute approximate surface area is 187 Å². The van der Waals surface area contributed by atoms with Crippen molar-refractivity contribution in [2.45, 2.75) is 37.5 Å². The maximum Gasteiger partial charge on any atom is 0.255 e. The lowest BCUT2D eigenvalue weighted by molar-refractivity contribution is 0.0933. The summed E-state index contributed by atoms with van der Waals surface area (Å²) in [7, 11) is 3.23. The topological polar surface area (TPSA) is 73.6 Å². The van der Waals surface area contributed by atoms with Crippen LogP contribution < -0.4 is 15.8 Å². The van der Waals surface area contributed by atoms with Crippen LogP contribution in [0.1, 0.15) is 48.0 Å². The van der Waals surface area contributed by atoms with Crippen molar-refractivity contribution in [1.82, 2.24) is 5.32 Å². The average Bonchev–Trinajstić information content (AvgIpc) is 2.86. The zero-order chi connectivity index (χ0) is 23.0. The number of rotatable bonds is 7. The van der Waals surface area contributed by atoms with E-state index in [1.165, 1.54) is 24.8 Å². The van der Waals surface area contributed by atoms with Crippen molar-refractivity contribution in [3.63, 3.8) is 0 Å². The highest BCUT2D eigenvalue weighted by Gasteiger charge is 2.34. The molecule has 0 saturated heterocycles. The van der Waals surface area contributed by atoms with Gasteiger partial charge in [-0.3, -0.25) is 4.79 Å². The quantitative estimate of drug-likeness (QED) is 0.655. The van der Waals surface area contributed by atoms with Crippen molar-refractivity contribution in [2.24, 2.45) is 5.73 Å². The molecule has 2 aromatic carbocycles. The van der Waals surface area contributed by atoms with Gasteiger partial charge in [0.05, 0.1) is 19.3 Å². The second kappa shape index (κ2) is 15.1. The van der Waals surface area contributed by atoms with Crippen molar-refractivity contribution in [1.29, 1.82) is 0 Å². The zero-order valence-electron chi connectivity index (χ0n) is 18.8. The molecule has 168 valence electrons. The number of ether oxygens (including phenoxy) is 2. The third-order valence-corrected chi connectivity index (χ3v) is 5.46. The van der Waals surface area contributed by atoms with Gasteiger partial charge in [0.2, 0.25) is 0 Å². The fourth-order valence-electron chi connectivity index (χ4n) is 3.88. The molecule has 5 heteroatoms. The monoisotopic (exact) mass is 424 g/mol. The van der Waals surface area contributed by atoms with Gasteiger partial charge in [0.1, 0.15) is 5.75 Å². The number of nitrogens with one attached hydrogen (secondary N) is 1. The summed E-state index contributed by atoms with van der Waals surface area (Å²) in [6, 6.07) is 18.0. The summed E-state index contributed by atoms with van der Waals surface area (Å²) in [5, 5.41) is 3.16. The summed E-state index contributed by atoms with van der Waals surface area (Å²) >= 11 is 0. The molecule has 0 aromatic heterocycles. The molecule has 1 amide bonds. The van der Waals surface area contributed by atoms with E-state index in [4.69, 9.17) is 10.5 Å². The Bertz CT molecular complexity index is 766. The van der Waals surface area contributed by atoms with Crippen LogP contribution in [-0.2, 0) is 10.2 Å². The Morgan fingerprint density at radius 2 is 1.61 bits per heavy atom. The molecular formula is C26H36N2O3. The van der Waals surface area contributed by atoms with Gasteiger partial charge in [0, 0.05) is 25.6 Å². The third-order valence-electron chi connectivity index (χ3n) is 5.46. The van der Waals surface area contributed by atoms with Crippen LogP contribution in [0.5, 0.6) is 5.75 Å². The van der Waals surface area contributed by atoms with Gasteiger partial charge < -0.3 is 20.5 Å². The molecule has 0 spiro atoms. The van der Waals surface area contributed by atoms with Crippen molar-refractivity contribution in [2.75, 3.05) is 33.9 Å². The van der Waals surface area contributed by atoms with Crippen LogP contribution in [0.3, 0.4) is 0 Å². The lowest BCUT2D eigenvalue weighted by atomic mass is 9.69. The van der Waals surface area contributed by atoms with Crippen molar-refractivity contribution in [3.05, 3.63) is 65.7 Å². The largest absolute Gasteiger partial charge is 0.496 e. The van der Waals surface area contributed by atoms with Gasteiger partial charge in [-0.1, -0.05) is 61.7 Å². The minimum absolute atomic E-state index is 0.0528. The minimum Gasteiger partial charge on any atom is -0.496 e. The molecule has 0 atom stereocenters. The van der Waals surface area contributed by atoms with Crippen LogP contribution in [0.15, 0.2) is 54.6 Å². The van der Waals surface area contributed by atoms with E-state index < -0.39 is 0 Å². The molecule has 0 heterocycles. The second-order valence-corrected chi connectivity index (χ2v) is 7.37. The Morgan fingerprint density at radius 1 is 1.00 bits per heavy atom. The van der Waals surface area contributed by atoms with E-state index in [9.17, 15) is 4.79 Å². The van der Waals surface area contributed by atoms with Crippen LogP contribution in [0.2, 0.25) is 0 Å². The molecule has 1 aliphatic rings. The molecule has 3 N–H and O–H groups in total. The summed E-state index contributed by atoms with van der Waals surface area (Å²) in [4.78, 5) is 12.6. The van der Waals surface area contributed by atoms with E-state index >= 15 is 0 Å². The Kier molecular flexibility index (Phi) is 12.7. The highest BCUT2D eigenvalue weighted by atomic mass is 16.5. The first-order valence-corrected chi connectivity index (χ1v) is 10.7. The standard InChI is InChI=1S/C21H25NO2.C3H9NO.C2H2/c1-24-19-13-7-6-12-18(19)20(23)22-16-21(14-8-3-9-15-21)17-10-4-2-5-11-17;1-5-3-2-4;1-2/h2,4-7,10-13H,3,8-9,14-16H2,1H3,(H,22,23);2-4H2,1H3;1-2H. The Balaban J connectivity index is 0.000000605. The molecule has 1 fully saturated rings. The maximum atomic E-state index is 12.6. The van der Waals surface area contributed by atoms with E-state index in [0.717, 1.165) is 12.8 Å². The molecule has 1 saturated carbocycles. The van der Waals surface area contributed by atoms with Crippen molar-refractivity contribution in [3.8, 4) is 18.6 Å². The first-order chi connectivity index (χ1) is 15.2.